The highest BCUT2D eigenvalue weighted by molar-refractivity contribution is 14.1. The lowest BCUT2D eigenvalue weighted by Gasteiger charge is -2.11. The van der Waals surface area contributed by atoms with Crippen LogP contribution in [0.1, 0.15) is 0 Å². The van der Waals surface area contributed by atoms with Gasteiger partial charge in [-0.05, 0) is 59.0 Å². The van der Waals surface area contributed by atoms with E-state index in [1.165, 1.54) is 12.1 Å². The summed E-state index contributed by atoms with van der Waals surface area (Å²) in [5.74, 6) is 0. The zero-order valence-corrected chi connectivity index (χ0v) is 15.8. The Kier molecular flexibility index (Phi) is 5.23. The number of rotatable bonds is 3. The van der Waals surface area contributed by atoms with Crippen LogP contribution >= 0.6 is 61.7 Å². The van der Waals surface area contributed by atoms with Crippen molar-refractivity contribution in [3.8, 4) is 0 Å². The van der Waals surface area contributed by atoms with E-state index in [-0.39, 0.29) is 9.92 Å². The summed E-state index contributed by atoms with van der Waals surface area (Å²) in [4.78, 5) is -0.00279. The molecular formula is C12H7BrCl2INO2S. The van der Waals surface area contributed by atoms with Crippen LogP contribution in [-0.2, 0) is 10.0 Å². The predicted octanol–water partition coefficient (Wildman–Crippen LogP) is 5.16. The summed E-state index contributed by atoms with van der Waals surface area (Å²) in [6, 6.07) is 9.59. The van der Waals surface area contributed by atoms with Gasteiger partial charge < -0.3 is 0 Å². The maximum Gasteiger partial charge on any atom is 0.263 e. The number of benzene rings is 2. The highest BCUT2D eigenvalue weighted by atomic mass is 127. The van der Waals surface area contributed by atoms with Crippen LogP contribution < -0.4 is 4.72 Å². The molecular weight excluding hydrogens is 500 g/mol. The van der Waals surface area contributed by atoms with E-state index in [0.29, 0.717) is 15.2 Å². The average Bonchev–Trinajstić information content (AvgIpc) is 2.32. The van der Waals surface area contributed by atoms with Gasteiger partial charge in [0.15, 0.2) is 0 Å². The Balaban J connectivity index is 2.41. The predicted molar refractivity (Wildman–Crippen MR) is 94.1 cm³/mol. The Morgan fingerprint density at radius 1 is 1.05 bits per heavy atom. The number of hydrogen-bond acceptors (Lipinski definition) is 2. The van der Waals surface area contributed by atoms with E-state index in [1.54, 1.807) is 24.3 Å². The van der Waals surface area contributed by atoms with Gasteiger partial charge in [-0.25, -0.2) is 8.42 Å². The SMILES string of the molecule is O=S(=O)(Nc1ccc(I)cc1Cl)c1ccc(Br)cc1Cl. The van der Waals surface area contributed by atoms with Crippen LogP contribution in [0.3, 0.4) is 0 Å². The lowest BCUT2D eigenvalue weighted by Crippen LogP contribution is -2.13. The van der Waals surface area contributed by atoms with Gasteiger partial charge in [-0.2, -0.15) is 0 Å². The minimum atomic E-state index is -3.79. The molecule has 1 N–H and O–H groups in total. The Bertz CT molecular complexity index is 768. The summed E-state index contributed by atoms with van der Waals surface area (Å²) in [5.41, 5.74) is 0.311. The van der Waals surface area contributed by atoms with Gasteiger partial charge in [-0.1, -0.05) is 39.1 Å². The van der Waals surface area contributed by atoms with Crippen LogP contribution in [0.15, 0.2) is 45.8 Å². The number of sulfonamides is 1. The molecule has 2 rings (SSSR count). The van der Waals surface area contributed by atoms with Gasteiger partial charge in [0.1, 0.15) is 4.90 Å². The van der Waals surface area contributed by atoms with Crippen LogP contribution in [0.25, 0.3) is 0 Å². The largest absolute Gasteiger partial charge is 0.278 e. The van der Waals surface area contributed by atoms with Gasteiger partial charge in [-0.3, -0.25) is 4.72 Å². The van der Waals surface area contributed by atoms with E-state index in [2.05, 4.69) is 43.2 Å². The molecule has 0 spiro atoms. The first-order valence-electron chi connectivity index (χ1n) is 5.22. The van der Waals surface area contributed by atoms with E-state index in [9.17, 15) is 8.42 Å². The third kappa shape index (κ3) is 3.79. The Hall–Kier alpha value is -0.0200. The fourth-order valence-corrected chi connectivity index (χ4v) is 4.54. The summed E-state index contributed by atoms with van der Waals surface area (Å²) in [6.07, 6.45) is 0. The molecule has 0 unspecified atom stereocenters. The van der Waals surface area contributed by atoms with Crippen LogP contribution in [0.5, 0.6) is 0 Å². The number of nitrogens with one attached hydrogen (secondary N) is 1. The molecule has 3 nitrogen and oxygen atoms in total. The zero-order valence-electron chi connectivity index (χ0n) is 9.70. The minimum absolute atomic E-state index is 0.00279. The van der Waals surface area contributed by atoms with E-state index in [1.807, 2.05) is 0 Å². The highest BCUT2D eigenvalue weighted by Gasteiger charge is 2.19. The maximum atomic E-state index is 12.3. The molecule has 0 saturated heterocycles. The molecule has 0 amide bonds. The van der Waals surface area contributed by atoms with Crippen molar-refractivity contribution < 1.29 is 8.42 Å². The molecule has 0 fully saturated rings. The van der Waals surface area contributed by atoms with Crippen LogP contribution in [0.4, 0.5) is 5.69 Å². The van der Waals surface area contributed by atoms with Crippen molar-refractivity contribution in [2.75, 3.05) is 4.72 Å². The second kappa shape index (κ2) is 6.39. The van der Waals surface area contributed by atoms with Crippen LogP contribution in [0.2, 0.25) is 10.0 Å². The maximum absolute atomic E-state index is 12.3. The molecule has 8 heteroatoms. The molecule has 0 bridgehead atoms. The quantitative estimate of drug-likeness (QED) is 0.584. The first-order valence-corrected chi connectivity index (χ1v) is 9.33. The molecule has 0 aromatic heterocycles. The standard InChI is InChI=1S/C12H7BrCl2INO2S/c13-7-1-4-12(10(15)5-7)20(18,19)17-11-3-2-8(16)6-9(11)14/h1-6,17H. The Morgan fingerprint density at radius 3 is 2.35 bits per heavy atom. The lowest BCUT2D eigenvalue weighted by atomic mass is 10.3. The Labute approximate surface area is 149 Å². The third-order valence-electron chi connectivity index (χ3n) is 2.36. The molecule has 20 heavy (non-hydrogen) atoms. The normalized spacial score (nSPS) is 11.4. The summed E-state index contributed by atoms with van der Waals surface area (Å²) < 4.78 is 28.6. The highest BCUT2D eigenvalue weighted by Crippen LogP contribution is 2.30. The first kappa shape index (κ1) is 16.4. The van der Waals surface area contributed by atoms with Crippen molar-refractivity contribution in [2.45, 2.75) is 4.90 Å². The number of hydrogen-bond donors (Lipinski definition) is 1. The topological polar surface area (TPSA) is 46.2 Å². The summed E-state index contributed by atoms with van der Waals surface area (Å²) in [7, 11) is -3.79. The molecule has 106 valence electrons. The van der Waals surface area contributed by atoms with Crippen molar-refractivity contribution in [1.29, 1.82) is 0 Å². The molecule has 0 aliphatic carbocycles. The van der Waals surface area contributed by atoms with Crippen molar-refractivity contribution in [3.05, 3.63) is 54.5 Å². The zero-order chi connectivity index (χ0) is 14.9. The van der Waals surface area contributed by atoms with Gasteiger partial charge in [0.2, 0.25) is 0 Å². The van der Waals surface area contributed by atoms with Crippen molar-refractivity contribution in [2.24, 2.45) is 0 Å². The molecule has 0 saturated carbocycles. The van der Waals surface area contributed by atoms with Gasteiger partial charge in [0.25, 0.3) is 10.0 Å². The van der Waals surface area contributed by atoms with E-state index in [4.69, 9.17) is 23.2 Å². The van der Waals surface area contributed by atoms with Crippen molar-refractivity contribution in [1.82, 2.24) is 0 Å². The number of anilines is 1. The molecule has 2 aromatic carbocycles. The van der Waals surface area contributed by atoms with Crippen molar-refractivity contribution in [3.63, 3.8) is 0 Å². The smallest absolute Gasteiger partial charge is 0.263 e. The van der Waals surface area contributed by atoms with E-state index < -0.39 is 10.0 Å². The minimum Gasteiger partial charge on any atom is -0.278 e. The second-order valence-corrected chi connectivity index (χ2v) is 8.43. The van der Waals surface area contributed by atoms with Gasteiger partial charge in [0, 0.05) is 8.04 Å². The van der Waals surface area contributed by atoms with Crippen molar-refractivity contribution >= 4 is 77.4 Å². The summed E-state index contributed by atoms with van der Waals surface area (Å²) >= 11 is 17.3. The van der Waals surface area contributed by atoms with Gasteiger partial charge >= 0.3 is 0 Å². The summed E-state index contributed by atoms with van der Waals surface area (Å²) in [5, 5.41) is 0.460. The van der Waals surface area contributed by atoms with Gasteiger partial charge in [0.05, 0.1) is 15.7 Å². The van der Waals surface area contributed by atoms with Crippen LogP contribution in [-0.4, -0.2) is 8.42 Å². The summed E-state index contributed by atoms with van der Waals surface area (Å²) in [6.45, 7) is 0. The molecule has 0 heterocycles. The van der Waals surface area contributed by atoms with Crippen LogP contribution in [0, 0.1) is 3.57 Å². The molecule has 0 atom stereocenters. The number of halogens is 4. The average molecular weight is 507 g/mol. The lowest BCUT2D eigenvalue weighted by molar-refractivity contribution is 0.601. The molecule has 0 aliphatic rings. The molecule has 0 aliphatic heterocycles. The van der Waals surface area contributed by atoms with E-state index in [0.717, 1.165) is 3.57 Å². The molecule has 2 aromatic rings. The fourth-order valence-electron chi connectivity index (χ4n) is 1.47. The van der Waals surface area contributed by atoms with Gasteiger partial charge in [-0.15, -0.1) is 0 Å². The van der Waals surface area contributed by atoms with E-state index >= 15 is 0 Å². The fraction of sp³-hybridized carbons (Fsp3) is 0. The third-order valence-corrected chi connectivity index (χ3v) is 5.68. The first-order chi connectivity index (χ1) is 9.29. The monoisotopic (exact) mass is 505 g/mol. The molecule has 0 radical (unpaired) electrons. The Morgan fingerprint density at radius 2 is 1.75 bits per heavy atom. The second-order valence-electron chi connectivity index (χ2n) is 3.80.